The molecule has 6 heteroatoms. The first-order valence-corrected chi connectivity index (χ1v) is 12.9. The minimum atomic E-state index is -4.43. The Bertz CT molecular complexity index is 893. The molecular weight excluding hydrogens is 412 g/mol. The smallest absolute Gasteiger partial charge is 0.298 e. The first-order valence-electron chi connectivity index (χ1n) is 11.5. The Kier molecular flexibility index (Phi) is 10.9. The summed E-state index contributed by atoms with van der Waals surface area (Å²) in [4.78, 5) is -0.253. The third-order valence-corrected chi connectivity index (χ3v) is 6.30. The van der Waals surface area contributed by atoms with Crippen molar-refractivity contribution in [3.05, 3.63) is 48.0 Å². The van der Waals surface area contributed by atoms with Crippen LogP contribution in [0.1, 0.15) is 83.1 Å². The Balaban J connectivity index is 1.88. The molecule has 0 unspecified atom stereocenters. The number of hydrogen-bond donors (Lipinski definition) is 2. The van der Waals surface area contributed by atoms with E-state index < -0.39 is 10.1 Å². The van der Waals surface area contributed by atoms with E-state index in [9.17, 15) is 18.1 Å². The van der Waals surface area contributed by atoms with E-state index in [-0.39, 0.29) is 16.4 Å². The van der Waals surface area contributed by atoms with Crippen molar-refractivity contribution >= 4 is 10.1 Å². The molecule has 5 nitrogen and oxygen atoms in total. The number of ether oxygens (including phenoxy) is 1. The molecule has 0 spiro atoms. The predicted molar refractivity (Wildman–Crippen MR) is 125 cm³/mol. The van der Waals surface area contributed by atoms with E-state index in [1.807, 2.05) is 6.07 Å². The summed E-state index contributed by atoms with van der Waals surface area (Å²) in [6.45, 7) is 2.24. The lowest BCUT2D eigenvalue weighted by atomic mass is 10.0. The first-order chi connectivity index (χ1) is 14.9. The molecule has 0 atom stereocenters. The standard InChI is InChI=1S/C25H36O5S/c1-2-3-4-5-6-7-8-9-10-11-12-15-21-16-13-19-24(31(27,28)29)25(21)30-23-18-14-17-22(26)20-23/h13-14,16-20,26H,2-12,15H2,1H3,(H,27,28,29). The SMILES string of the molecule is CCCCCCCCCCCCCc1cccc(S(=O)(=O)O)c1Oc1cccc(O)c1. The summed E-state index contributed by atoms with van der Waals surface area (Å²) in [5, 5.41) is 9.66. The maximum Gasteiger partial charge on any atom is 0.298 e. The van der Waals surface area contributed by atoms with E-state index in [2.05, 4.69) is 6.92 Å². The lowest BCUT2D eigenvalue weighted by Gasteiger charge is -2.14. The maximum absolute atomic E-state index is 11.8. The zero-order valence-electron chi connectivity index (χ0n) is 18.6. The van der Waals surface area contributed by atoms with E-state index in [1.54, 1.807) is 18.2 Å². The lowest BCUT2D eigenvalue weighted by Crippen LogP contribution is -2.04. The molecule has 0 saturated carbocycles. The topological polar surface area (TPSA) is 83.8 Å². The molecular formula is C25H36O5S. The molecule has 0 amide bonds. The van der Waals surface area contributed by atoms with Gasteiger partial charge in [-0.15, -0.1) is 0 Å². The van der Waals surface area contributed by atoms with Gasteiger partial charge in [-0.1, -0.05) is 89.3 Å². The number of unbranched alkanes of at least 4 members (excludes halogenated alkanes) is 10. The van der Waals surface area contributed by atoms with Crippen LogP contribution in [0.5, 0.6) is 17.2 Å². The quantitative estimate of drug-likeness (QED) is 0.221. The molecule has 0 bridgehead atoms. The summed E-state index contributed by atoms with van der Waals surface area (Å²) < 4.78 is 39.1. The average Bonchev–Trinajstić information content (AvgIpc) is 2.72. The second-order valence-electron chi connectivity index (χ2n) is 8.10. The molecule has 172 valence electrons. The van der Waals surface area contributed by atoms with Crippen LogP contribution in [0.25, 0.3) is 0 Å². The van der Waals surface area contributed by atoms with Gasteiger partial charge < -0.3 is 9.84 Å². The number of phenolic OH excluding ortho intramolecular Hbond substituents is 1. The van der Waals surface area contributed by atoms with Gasteiger partial charge in [-0.25, -0.2) is 0 Å². The molecule has 2 aromatic carbocycles. The van der Waals surface area contributed by atoms with Crippen LogP contribution in [0, 0.1) is 0 Å². The van der Waals surface area contributed by atoms with Gasteiger partial charge in [0.2, 0.25) is 0 Å². The van der Waals surface area contributed by atoms with Gasteiger partial charge in [0.05, 0.1) is 0 Å². The van der Waals surface area contributed by atoms with Crippen molar-refractivity contribution in [1.29, 1.82) is 0 Å². The van der Waals surface area contributed by atoms with E-state index in [4.69, 9.17) is 4.74 Å². The summed E-state index contributed by atoms with van der Waals surface area (Å²) in [5.74, 6) is 0.465. The largest absolute Gasteiger partial charge is 0.508 e. The third-order valence-electron chi connectivity index (χ3n) is 5.43. The van der Waals surface area contributed by atoms with Gasteiger partial charge in [0.1, 0.15) is 16.4 Å². The molecule has 0 saturated heterocycles. The van der Waals surface area contributed by atoms with Crippen LogP contribution < -0.4 is 4.74 Å². The van der Waals surface area contributed by atoms with Crippen LogP contribution >= 0.6 is 0 Å². The van der Waals surface area contributed by atoms with Gasteiger partial charge in [-0.2, -0.15) is 8.42 Å². The zero-order chi connectivity index (χ0) is 22.5. The minimum Gasteiger partial charge on any atom is -0.508 e. The number of rotatable bonds is 15. The summed E-state index contributed by atoms with van der Waals surface area (Å²) in [5.41, 5.74) is 0.731. The predicted octanol–water partition coefficient (Wildman–Crippen LogP) is 7.28. The summed E-state index contributed by atoms with van der Waals surface area (Å²) in [6.07, 6.45) is 14.3. The molecule has 0 radical (unpaired) electrons. The second kappa shape index (κ2) is 13.4. The zero-order valence-corrected chi connectivity index (χ0v) is 19.4. The minimum absolute atomic E-state index is 0.0220. The molecule has 0 aromatic heterocycles. The highest BCUT2D eigenvalue weighted by atomic mass is 32.2. The lowest BCUT2D eigenvalue weighted by molar-refractivity contribution is 0.436. The normalized spacial score (nSPS) is 11.5. The van der Waals surface area contributed by atoms with Crippen molar-refractivity contribution in [1.82, 2.24) is 0 Å². The van der Waals surface area contributed by atoms with Gasteiger partial charge in [-0.3, -0.25) is 4.55 Å². The number of hydrogen-bond acceptors (Lipinski definition) is 4. The molecule has 0 heterocycles. The third kappa shape index (κ3) is 9.32. The molecule has 0 aliphatic carbocycles. The Morgan fingerprint density at radius 3 is 1.97 bits per heavy atom. The molecule has 2 aromatic rings. The molecule has 31 heavy (non-hydrogen) atoms. The number of aryl methyl sites for hydroxylation is 1. The van der Waals surface area contributed by atoms with Gasteiger partial charge >= 0.3 is 0 Å². The fourth-order valence-electron chi connectivity index (χ4n) is 3.72. The monoisotopic (exact) mass is 448 g/mol. The van der Waals surface area contributed by atoms with E-state index in [0.29, 0.717) is 12.2 Å². The number of aromatic hydroxyl groups is 1. The Hall–Kier alpha value is -2.05. The average molecular weight is 449 g/mol. The van der Waals surface area contributed by atoms with Crippen molar-refractivity contribution in [2.75, 3.05) is 0 Å². The summed E-state index contributed by atoms with van der Waals surface area (Å²) in [7, 11) is -4.43. The molecule has 2 N–H and O–H groups in total. The fourth-order valence-corrected chi connectivity index (χ4v) is 4.38. The van der Waals surface area contributed by atoms with Gasteiger partial charge in [0, 0.05) is 6.07 Å². The van der Waals surface area contributed by atoms with E-state index in [0.717, 1.165) is 24.8 Å². The van der Waals surface area contributed by atoms with E-state index >= 15 is 0 Å². The molecule has 0 fully saturated rings. The van der Waals surface area contributed by atoms with Crippen LogP contribution in [0.3, 0.4) is 0 Å². The van der Waals surface area contributed by atoms with Crippen LogP contribution in [-0.4, -0.2) is 18.1 Å². The van der Waals surface area contributed by atoms with Crippen molar-refractivity contribution in [2.45, 2.75) is 88.9 Å². The Morgan fingerprint density at radius 2 is 1.39 bits per heavy atom. The number of para-hydroxylation sites is 1. The summed E-state index contributed by atoms with van der Waals surface area (Å²) in [6, 6.07) is 10.9. The van der Waals surface area contributed by atoms with Crippen molar-refractivity contribution < 1.29 is 22.8 Å². The van der Waals surface area contributed by atoms with Crippen LogP contribution in [0.15, 0.2) is 47.4 Å². The van der Waals surface area contributed by atoms with Gasteiger partial charge in [-0.05, 0) is 36.6 Å². The van der Waals surface area contributed by atoms with Crippen LogP contribution in [0.2, 0.25) is 0 Å². The maximum atomic E-state index is 11.8. The van der Waals surface area contributed by atoms with E-state index in [1.165, 1.54) is 69.6 Å². The second-order valence-corrected chi connectivity index (χ2v) is 9.49. The molecule has 0 aliphatic rings. The first kappa shape index (κ1) is 25.2. The Morgan fingerprint density at radius 1 is 0.806 bits per heavy atom. The highest BCUT2D eigenvalue weighted by molar-refractivity contribution is 7.86. The Labute approximate surface area is 187 Å². The summed E-state index contributed by atoms with van der Waals surface area (Å²) >= 11 is 0. The molecule has 2 rings (SSSR count). The van der Waals surface area contributed by atoms with Crippen molar-refractivity contribution in [2.24, 2.45) is 0 Å². The number of phenols is 1. The fraction of sp³-hybridized carbons (Fsp3) is 0.520. The molecule has 0 aliphatic heterocycles. The van der Waals surface area contributed by atoms with Gasteiger partial charge in [0.15, 0.2) is 5.75 Å². The number of benzene rings is 2. The highest BCUT2D eigenvalue weighted by Gasteiger charge is 2.20. The highest BCUT2D eigenvalue weighted by Crippen LogP contribution is 2.34. The van der Waals surface area contributed by atoms with Crippen LogP contribution in [-0.2, 0) is 16.5 Å². The van der Waals surface area contributed by atoms with Gasteiger partial charge in [0.25, 0.3) is 10.1 Å². The van der Waals surface area contributed by atoms with Crippen molar-refractivity contribution in [3.8, 4) is 17.2 Å². The van der Waals surface area contributed by atoms with Crippen LogP contribution in [0.4, 0.5) is 0 Å². The van der Waals surface area contributed by atoms with Crippen molar-refractivity contribution in [3.63, 3.8) is 0 Å².